The van der Waals surface area contributed by atoms with Crippen LogP contribution >= 0.6 is 0 Å². The van der Waals surface area contributed by atoms with Gasteiger partial charge in [-0.15, -0.1) is 0 Å². The lowest BCUT2D eigenvalue weighted by molar-refractivity contribution is -0.150. The molecule has 5 nitrogen and oxygen atoms in total. The van der Waals surface area contributed by atoms with Gasteiger partial charge in [0, 0.05) is 6.42 Å². The zero-order valence-corrected chi connectivity index (χ0v) is 12.0. The van der Waals surface area contributed by atoms with Crippen molar-refractivity contribution in [3.63, 3.8) is 0 Å². The summed E-state index contributed by atoms with van der Waals surface area (Å²) in [4.78, 5) is 10.2. The molecule has 0 saturated heterocycles. The van der Waals surface area contributed by atoms with Crippen LogP contribution in [0.4, 0.5) is 0 Å². The van der Waals surface area contributed by atoms with Crippen molar-refractivity contribution in [2.75, 3.05) is 13.2 Å². The van der Waals surface area contributed by atoms with E-state index in [4.69, 9.17) is 15.2 Å². The minimum Gasteiger partial charge on any atom is -0.494 e. The van der Waals surface area contributed by atoms with Crippen molar-refractivity contribution in [2.45, 2.75) is 6.42 Å². The molecule has 0 aliphatic heterocycles. The van der Waals surface area contributed by atoms with E-state index in [1.807, 2.05) is 36.4 Å². The van der Waals surface area contributed by atoms with E-state index in [2.05, 4.69) is 6.07 Å². The average molecular weight is 296 g/mol. The number of hydrogen-bond donors (Lipinski definition) is 1. The van der Waals surface area contributed by atoms with Gasteiger partial charge in [-0.1, -0.05) is 24.3 Å². The third kappa shape index (κ3) is 4.33. The first kappa shape index (κ1) is 15.5. The van der Waals surface area contributed by atoms with Gasteiger partial charge in [0.15, 0.2) is 0 Å². The molecule has 0 spiro atoms. The van der Waals surface area contributed by atoms with Crippen LogP contribution in [0.25, 0.3) is 11.1 Å². The summed E-state index contributed by atoms with van der Waals surface area (Å²) in [6, 6.07) is 17.1. The minimum atomic E-state index is 0.243. The maximum absolute atomic E-state index is 10.2. The van der Waals surface area contributed by atoms with Gasteiger partial charge in [-0.05, 0) is 35.4 Å². The van der Waals surface area contributed by atoms with Crippen LogP contribution in [0.2, 0.25) is 0 Å². The van der Waals surface area contributed by atoms with Gasteiger partial charge < -0.3 is 4.74 Å². The van der Waals surface area contributed by atoms with E-state index in [0.717, 1.165) is 16.9 Å². The summed E-state index contributed by atoms with van der Waals surface area (Å²) in [6.45, 7) is 0.661. The predicted octanol–water partition coefficient (Wildman–Crippen LogP) is 2.84. The molecule has 0 aliphatic carbocycles. The van der Waals surface area contributed by atoms with E-state index in [9.17, 15) is 4.79 Å². The molecule has 0 aliphatic rings. The third-order valence-corrected chi connectivity index (χ3v) is 3.12. The monoisotopic (exact) mass is 296 g/mol. The Labute approximate surface area is 128 Å². The van der Waals surface area contributed by atoms with Crippen molar-refractivity contribution in [1.29, 1.82) is 5.26 Å². The Morgan fingerprint density at radius 2 is 1.68 bits per heavy atom. The first-order valence-corrected chi connectivity index (χ1v) is 6.87. The molecular weight excluding hydrogens is 280 g/mol. The summed E-state index contributed by atoms with van der Waals surface area (Å²) < 4.78 is 5.53. The van der Waals surface area contributed by atoms with Crippen molar-refractivity contribution in [3.05, 3.63) is 54.1 Å². The molecule has 0 atom stereocenters. The highest BCUT2D eigenvalue weighted by Crippen LogP contribution is 2.22. The second kappa shape index (κ2) is 7.81. The molecule has 5 heteroatoms. The largest absolute Gasteiger partial charge is 0.494 e. The molecule has 1 N–H and O–H groups in total. The summed E-state index contributed by atoms with van der Waals surface area (Å²) >= 11 is 0. The molecule has 1 amide bonds. The van der Waals surface area contributed by atoms with Gasteiger partial charge in [-0.2, -0.15) is 5.26 Å². The maximum atomic E-state index is 10.2. The second-order valence-corrected chi connectivity index (χ2v) is 4.68. The van der Waals surface area contributed by atoms with Gasteiger partial charge in [-0.25, -0.2) is 5.06 Å². The zero-order valence-electron chi connectivity index (χ0n) is 12.0. The van der Waals surface area contributed by atoms with Gasteiger partial charge in [0.1, 0.15) is 5.75 Å². The number of amides is 1. The van der Waals surface area contributed by atoms with E-state index < -0.39 is 0 Å². The fourth-order valence-electron chi connectivity index (χ4n) is 1.95. The summed E-state index contributed by atoms with van der Waals surface area (Å²) in [5.41, 5.74) is 2.71. The summed E-state index contributed by atoms with van der Waals surface area (Å²) in [6.07, 6.45) is 0.916. The Morgan fingerprint density at radius 3 is 2.23 bits per heavy atom. The van der Waals surface area contributed by atoms with E-state index in [0.29, 0.717) is 30.1 Å². The molecule has 0 unspecified atom stereocenters. The molecular formula is C17H16N2O3. The first-order chi connectivity index (χ1) is 10.7. The lowest BCUT2D eigenvalue weighted by Crippen LogP contribution is -2.19. The van der Waals surface area contributed by atoms with Crippen molar-refractivity contribution < 1.29 is 14.7 Å². The molecule has 0 saturated carbocycles. The molecule has 0 aromatic heterocycles. The molecule has 112 valence electrons. The Balaban J connectivity index is 1.89. The molecule has 0 bridgehead atoms. The van der Waals surface area contributed by atoms with Crippen molar-refractivity contribution in [2.24, 2.45) is 0 Å². The predicted molar refractivity (Wildman–Crippen MR) is 81.3 cm³/mol. The molecule has 22 heavy (non-hydrogen) atoms. The van der Waals surface area contributed by atoms with Crippen molar-refractivity contribution >= 4 is 6.41 Å². The number of rotatable bonds is 7. The number of nitrogens with zero attached hydrogens (tertiary/aromatic N) is 2. The Bertz CT molecular complexity index is 645. The van der Waals surface area contributed by atoms with Gasteiger partial charge in [0.05, 0.1) is 24.8 Å². The smallest absolute Gasteiger partial charge is 0.233 e. The van der Waals surface area contributed by atoms with Crippen LogP contribution in [-0.4, -0.2) is 29.8 Å². The zero-order chi connectivity index (χ0) is 15.8. The summed E-state index contributed by atoms with van der Waals surface area (Å²) in [7, 11) is 0. The lowest BCUT2D eigenvalue weighted by Gasteiger charge is -2.10. The number of benzene rings is 2. The number of hydrogen-bond acceptors (Lipinski definition) is 4. The van der Waals surface area contributed by atoms with Crippen molar-refractivity contribution in [3.8, 4) is 22.9 Å². The molecule has 2 rings (SSSR count). The summed E-state index contributed by atoms with van der Waals surface area (Å²) in [5.74, 6) is 0.730. The fourth-order valence-corrected chi connectivity index (χ4v) is 1.95. The van der Waals surface area contributed by atoms with E-state index >= 15 is 0 Å². The van der Waals surface area contributed by atoms with E-state index in [1.54, 1.807) is 12.1 Å². The van der Waals surface area contributed by atoms with Crippen LogP contribution in [0, 0.1) is 11.3 Å². The van der Waals surface area contributed by atoms with Crippen LogP contribution in [0.3, 0.4) is 0 Å². The van der Waals surface area contributed by atoms with Crippen LogP contribution in [0.1, 0.15) is 12.0 Å². The van der Waals surface area contributed by atoms with Crippen LogP contribution in [-0.2, 0) is 4.79 Å². The molecule has 0 heterocycles. The van der Waals surface area contributed by atoms with E-state index in [1.165, 1.54) is 0 Å². The topological polar surface area (TPSA) is 73.6 Å². The van der Waals surface area contributed by atoms with Gasteiger partial charge in [0.2, 0.25) is 6.41 Å². The van der Waals surface area contributed by atoms with Crippen LogP contribution < -0.4 is 4.74 Å². The average Bonchev–Trinajstić information content (AvgIpc) is 2.59. The maximum Gasteiger partial charge on any atom is 0.233 e. The highest BCUT2D eigenvalue weighted by atomic mass is 16.5. The number of hydroxylamine groups is 2. The van der Waals surface area contributed by atoms with Crippen LogP contribution in [0.5, 0.6) is 5.75 Å². The number of carbonyl (C=O) groups is 1. The molecule has 0 radical (unpaired) electrons. The van der Waals surface area contributed by atoms with Gasteiger partial charge >= 0.3 is 0 Å². The fraction of sp³-hybridized carbons (Fsp3) is 0.176. The molecule has 2 aromatic carbocycles. The Morgan fingerprint density at radius 1 is 1.09 bits per heavy atom. The van der Waals surface area contributed by atoms with E-state index in [-0.39, 0.29) is 6.54 Å². The highest BCUT2D eigenvalue weighted by molar-refractivity contribution is 5.64. The van der Waals surface area contributed by atoms with Crippen molar-refractivity contribution in [1.82, 2.24) is 5.06 Å². The summed E-state index contributed by atoms with van der Waals surface area (Å²) in [5, 5.41) is 18.3. The lowest BCUT2D eigenvalue weighted by atomic mass is 10.0. The minimum absolute atomic E-state index is 0.243. The number of ether oxygens (including phenoxy) is 1. The third-order valence-electron chi connectivity index (χ3n) is 3.12. The standard InChI is InChI=1S/C17H16N2O3/c18-12-14-2-4-15(5-3-14)16-6-8-17(9-7-16)22-11-1-10-19(21)13-20/h2-9,13,21H,1,10-11H2. The first-order valence-electron chi connectivity index (χ1n) is 6.87. The highest BCUT2D eigenvalue weighted by Gasteiger charge is 2.00. The van der Waals surface area contributed by atoms with Gasteiger partial charge in [0.25, 0.3) is 0 Å². The Hall–Kier alpha value is -2.84. The quantitative estimate of drug-likeness (QED) is 0.369. The van der Waals surface area contributed by atoms with Crippen LogP contribution in [0.15, 0.2) is 48.5 Å². The normalized spacial score (nSPS) is 9.82. The number of carbonyl (C=O) groups excluding carboxylic acids is 1. The SMILES string of the molecule is N#Cc1ccc(-c2ccc(OCCCN(O)C=O)cc2)cc1. The molecule has 0 fully saturated rings. The number of nitriles is 1. The molecule has 2 aromatic rings. The van der Waals surface area contributed by atoms with Gasteiger partial charge in [-0.3, -0.25) is 10.0 Å². The second-order valence-electron chi connectivity index (χ2n) is 4.68. The Kier molecular flexibility index (Phi) is 5.52.